The lowest BCUT2D eigenvalue weighted by Gasteiger charge is -2.10. The summed E-state index contributed by atoms with van der Waals surface area (Å²) in [4.78, 5) is 14.3. The summed E-state index contributed by atoms with van der Waals surface area (Å²) in [6.45, 7) is 10.00. The van der Waals surface area contributed by atoms with Crippen LogP contribution in [0.2, 0.25) is 0 Å². The van der Waals surface area contributed by atoms with E-state index in [9.17, 15) is 4.79 Å². The van der Waals surface area contributed by atoms with Crippen molar-refractivity contribution in [3.63, 3.8) is 0 Å². The molecule has 0 aliphatic rings. The van der Waals surface area contributed by atoms with Gasteiger partial charge in [0.15, 0.2) is 0 Å². The Morgan fingerprint density at radius 1 is 1.14 bits per heavy atom. The van der Waals surface area contributed by atoms with E-state index in [1.54, 1.807) is 11.8 Å². The third kappa shape index (κ3) is 4.78. The van der Waals surface area contributed by atoms with Gasteiger partial charge in [0.2, 0.25) is 5.91 Å². The van der Waals surface area contributed by atoms with Crippen LogP contribution in [-0.2, 0) is 11.2 Å². The molecule has 0 radical (unpaired) electrons. The Morgan fingerprint density at radius 3 is 2.45 bits per heavy atom. The van der Waals surface area contributed by atoms with Crippen LogP contribution in [0.15, 0.2) is 58.8 Å². The number of carbonyl (C=O) groups is 1. The number of thioether (sulfide) groups is 1. The second kappa shape index (κ2) is 7.32. The van der Waals surface area contributed by atoms with Crippen LogP contribution >= 0.6 is 11.8 Å². The zero-order chi connectivity index (χ0) is 16.1. The molecule has 0 aliphatic heterocycles. The van der Waals surface area contributed by atoms with Gasteiger partial charge < -0.3 is 5.32 Å². The summed E-state index contributed by atoms with van der Waals surface area (Å²) in [7, 11) is 0. The molecule has 0 saturated heterocycles. The molecule has 2 aromatic carbocycles. The highest BCUT2D eigenvalue weighted by Crippen LogP contribution is 2.30. The molecule has 0 saturated carbocycles. The van der Waals surface area contributed by atoms with Crippen molar-refractivity contribution in [1.82, 2.24) is 0 Å². The predicted molar refractivity (Wildman–Crippen MR) is 95.4 cm³/mol. The van der Waals surface area contributed by atoms with Gasteiger partial charge in [-0.3, -0.25) is 4.79 Å². The number of hydrogen-bond donors (Lipinski definition) is 1. The summed E-state index contributed by atoms with van der Waals surface area (Å²) in [5, 5.41) is 2.96. The monoisotopic (exact) mass is 311 g/mol. The van der Waals surface area contributed by atoms with Crippen molar-refractivity contribution in [2.24, 2.45) is 0 Å². The first-order chi connectivity index (χ1) is 10.4. The second-order valence-electron chi connectivity index (χ2n) is 5.49. The highest BCUT2D eigenvalue weighted by atomic mass is 32.2. The number of nitrogens with one attached hydrogen (secondary N) is 1. The molecule has 0 atom stereocenters. The minimum atomic E-state index is -0.000943. The lowest BCUT2D eigenvalue weighted by Crippen LogP contribution is -2.14. The lowest BCUT2D eigenvalue weighted by atomic mass is 10.1. The van der Waals surface area contributed by atoms with Crippen LogP contribution in [0.3, 0.4) is 0 Å². The van der Waals surface area contributed by atoms with E-state index in [-0.39, 0.29) is 5.91 Å². The van der Waals surface area contributed by atoms with E-state index in [4.69, 9.17) is 0 Å². The fourth-order valence-corrected chi connectivity index (χ4v) is 2.86. The zero-order valence-electron chi connectivity index (χ0n) is 13.3. The Balaban J connectivity index is 2.05. The molecule has 1 N–H and O–H groups in total. The average Bonchev–Trinajstić information content (AvgIpc) is 2.44. The fourth-order valence-electron chi connectivity index (χ4n) is 2.07. The van der Waals surface area contributed by atoms with Crippen LogP contribution in [0.25, 0.3) is 0 Å². The molecule has 114 valence electrons. The summed E-state index contributed by atoms with van der Waals surface area (Å²) in [6.07, 6.45) is 0.386. The molecule has 0 aromatic heterocycles. The highest BCUT2D eigenvalue weighted by Gasteiger charge is 2.06. The molecular formula is C19H21NOS. The molecule has 0 unspecified atom stereocenters. The Morgan fingerprint density at radius 2 is 1.82 bits per heavy atom. The van der Waals surface area contributed by atoms with Crippen molar-refractivity contribution in [2.75, 3.05) is 5.32 Å². The molecule has 0 spiro atoms. The van der Waals surface area contributed by atoms with Crippen LogP contribution < -0.4 is 5.32 Å². The van der Waals surface area contributed by atoms with Gasteiger partial charge in [-0.25, -0.2) is 0 Å². The number of anilines is 1. The topological polar surface area (TPSA) is 29.1 Å². The third-order valence-electron chi connectivity index (χ3n) is 3.24. The zero-order valence-corrected chi connectivity index (χ0v) is 14.1. The van der Waals surface area contributed by atoms with Gasteiger partial charge in [-0.15, -0.1) is 0 Å². The standard InChI is InChI=1S/C19H21NOS/c1-13(2)22-18-12-17(10-7-15(18)4)20-19(21)11-16-8-5-14(3)6-9-16/h5-10,12H,1,11H2,2-4H3,(H,20,21). The maximum Gasteiger partial charge on any atom is 0.228 e. The van der Waals surface area contributed by atoms with E-state index in [1.165, 1.54) is 11.1 Å². The van der Waals surface area contributed by atoms with E-state index in [0.29, 0.717) is 6.42 Å². The molecule has 0 bridgehead atoms. The van der Waals surface area contributed by atoms with Crippen LogP contribution in [0.5, 0.6) is 0 Å². The van der Waals surface area contributed by atoms with Crippen molar-refractivity contribution in [2.45, 2.75) is 32.1 Å². The largest absolute Gasteiger partial charge is 0.326 e. The normalized spacial score (nSPS) is 10.3. The Hall–Kier alpha value is -2.00. The van der Waals surface area contributed by atoms with E-state index < -0.39 is 0 Å². The summed E-state index contributed by atoms with van der Waals surface area (Å²) in [6, 6.07) is 14.0. The fraction of sp³-hybridized carbons (Fsp3) is 0.211. The molecule has 0 heterocycles. The molecule has 0 fully saturated rings. The van der Waals surface area contributed by atoms with E-state index >= 15 is 0 Å². The number of amides is 1. The van der Waals surface area contributed by atoms with Gasteiger partial charge in [0.25, 0.3) is 0 Å². The van der Waals surface area contributed by atoms with Crippen molar-refractivity contribution < 1.29 is 4.79 Å². The first kappa shape index (κ1) is 16.4. The van der Waals surface area contributed by atoms with Gasteiger partial charge in [0.1, 0.15) is 0 Å². The number of allylic oxidation sites excluding steroid dienone is 1. The predicted octanol–water partition coefficient (Wildman–Crippen LogP) is 5.11. The quantitative estimate of drug-likeness (QED) is 0.777. The molecule has 0 aliphatic carbocycles. The smallest absolute Gasteiger partial charge is 0.228 e. The SMILES string of the molecule is C=C(C)Sc1cc(NC(=O)Cc2ccc(C)cc2)ccc1C. The van der Waals surface area contributed by atoms with Crippen molar-refractivity contribution >= 4 is 23.4 Å². The Labute approximate surface area is 136 Å². The van der Waals surface area contributed by atoms with Crippen molar-refractivity contribution in [1.29, 1.82) is 0 Å². The van der Waals surface area contributed by atoms with Gasteiger partial charge in [0, 0.05) is 10.6 Å². The molecular weight excluding hydrogens is 290 g/mol. The minimum absolute atomic E-state index is 0.000943. The second-order valence-corrected chi connectivity index (χ2v) is 6.84. The van der Waals surface area contributed by atoms with Gasteiger partial charge in [-0.05, 0) is 48.9 Å². The minimum Gasteiger partial charge on any atom is -0.326 e. The van der Waals surface area contributed by atoms with Gasteiger partial charge >= 0.3 is 0 Å². The van der Waals surface area contributed by atoms with Gasteiger partial charge in [-0.2, -0.15) is 0 Å². The first-order valence-electron chi connectivity index (χ1n) is 7.23. The number of aryl methyl sites for hydroxylation is 2. The maximum atomic E-state index is 12.1. The summed E-state index contributed by atoms with van der Waals surface area (Å²) >= 11 is 1.63. The van der Waals surface area contributed by atoms with Gasteiger partial charge in [0.05, 0.1) is 6.42 Å². The first-order valence-corrected chi connectivity index (χ1v) is 8.05. The average molecular weight is 311 g/mol. The van der Waals surface area contributed by atoms with Crippen LogP contribution in [-0.4, -0.2) is 5.91 Å². The number of benzene rings is 2. The molecule has 1 amide bonds. The molecule has 2 nitrogen and oxygen atoms in total. The van der Waals surface area contributed by atoms with Crippen molar-refractivity contribution in [3.05, 3.63) is 70.6 Å². The highest BCUT2D eigenvalue weighted by molar-refractivity contribution is 8.03. The maximum absolute atomic E-state index is 12.1. The number of carbonyl (C=O) groups excluding carboxylic acids is 1. The number of rotatable bonds is 5. The van der Waals surface area contributed by atoms with Gasteiger partial charge in [-0.1, -0.05) is 54.2 Å². The van der Waals surface area contributed by atoms with E-state index in [1.807, 2.05) is 56.3 Å². The van der Waals surface area contributed by atoms with Crippen molar-refractivity contribution in [3.8, 4) is 0 Å². The summed E-state index contributed by atoms with van der Waals surface area (Å²) < 4.78 is 0. The summed E-state index contributed by atoms with van der Waals surface area (Å²) in [5.41, 5.74) is 4.23. The van der Waals surface area contributed by atoms with Crippen LogP contribution in [0, 0.1) is 13.8 Å². The molecule has 3 heteroatoms. The van der Waals surface area contributed by atoms with Crippen LogP contribution in [0.1, 0.15) is 23.6 Å². The van der Waals surface area contributed by atoms with E-state index in [2.05, 4.69) is 18.8 Å². The lowest BCUT2D eigenvalue weighted by molar-refractivity contribution is -0.115. The number of hydrogen-bond acceptors (Lipinski definition) is 2. The Kier molecular flexibility index (Phi) is 5.45. The molecule has 2 aromatic rings. The van der Waals surface area contributed by atoms with E-state index in [0.717, 1.165) is 21.1 Å². The molecule has 2 rings (SSSR count). The Bertz CT molecular complexity index is 689. The summed E-state index contributed by atoms with van der Waals surface area (Å²) in [5.74, 6) is -0.000943. The van der Waals surface area contributed by atoms with Crippen LogP contribution in [0.4, 0.5) is 5.69 Å². The molecule has 22 heavy (non-hydrogen) atoms. The third-order valence-corrected chi connectivity index (χ3v) is 4.25.